The number of ether oxygens (including phenoxy) is 3. The van der Waals surface area contributed by atoms with E-state index < -0.39 is 4.92 Å². The second-order valence-electron chi connectivity index (χ2n) is 6.01. The van der Waals surface area contributed by atoms with Crippen LogP contribution in [0.1, 0.15) is 11.1 Å². The van der Waals surface area contributed by atoms with Gasteiger partial charge in [0.15, 0.2) is 0 Å². The molecular weight excluding hydrogens is 352 g/mol. The van der Waals surface area contributed by atoms with Crippen LogP contribution in [-0.2, 0) is 9.47 Å². The van der Waals surface area contributed by atoms with Crippen molar-refractivity contribution in [2.45, 2.75) is 13.8 Å². The van der Waals surface area contributed by atoms with E-state index in [1.165, 1.54) is 6.33 Å². The van der Waals surface area contributed by atoms with Crippen LogP contribution >= 0.6 is 0 Å². The third-order valence-corrected chi connectivity index (χ3v) is 3.79. The van der Waals surface area contributed by atoms with Crippen molar-refractivity contribution in [1.82, 2.24) is 9.97 Å². The molecule has 0 unspecified atom stereocenters. The second-order valence-corrected chi connectivity index (χ2v) is 6.01. The highest BCUT2D eigenvalue weighted by Crippen LogP contribution is 2.36. The SMILES string of the molecule is COCCN(CCOC)c1ncnc(Oc2cc(C)cc(C)c2)c1[N+](=O)[O-]. The van der Waals surface area contributed by atoms with Gasteiger partial charge in [-0.2, -0.15) is 4.98 Å². The predicted octanol–water partition coefficient (Wildman–Crippen LogP) is 2.89. The van der Waals surface area contributed by atoms with Crippen LogP contribution in [0.25, 0.3) is 0 Å². The number of hydrogen-bond donors (Lipinski definition) is 0. The van der Waals surface area contributed by atoms with Crippen molar-refractivity contribution in [2.24, 2.45) is 0 Å². The molecule has 9 nitrogen and oxygen atoms in total. The summed E-state index contributed by atoms with van der Waals surface area (Å²) in [7, 11) is 3.13. The molecule has 0 amide bonds. The first-order valence-corrected chi connectivity index (χ1v) is 8.44. The Bertz CT molecular complexity index is 756. The molecule has 1 aromatic heterocycles. The maximum atomic E-state index is 11.8. The smallest absolute Gasteiger partial charge is 0.373 e. The van der Waals surface area contributed by atoms with Crippen LogP contribution in [0, 0.1) is 24.0 Å². The van der Waals surface area contributed by atoms with Gasteiger partial charge < -0.3 is 19.1 Å². The standard InChI is InChI=1S/C18H24N4O5/c1-13-9-14(2)11-15(10-13)27-18-16(22(23)24)17(19-12-20-18)21(5-7-25-3)6-8-26-4/h9-12H,5-8H2,1-4H3. The lowest BCUT2D eigenvalue weighted by atomic mass is 10.1. The second kappa shape index (κ2) is 9.79. The van der Waals surface area contributed by atoms with Crippen LogP contribution in [-0.4, -0.2) is 55.4 Å². The first kappa shape index (κ1) is 20.5. The number of rotatable bonds is 10. The molecule has 0 aliphatic carbocycles. The number of benzene rings is 1. The quantitative estimate of drug-likeness (QED) is 0.461. The number of nitrogens with zero attached hydrogens (tertiary/aromatic N) is 4. The lowest BCUT2D eigenvalue weighted by Crippen LogP contribution is -2.32. The van der Waals surface area contributed by atoms with Crippen LogP contribution in [0.2, 0.25) is 0 Å². The van der Waals surface area contributed by atoms with Gasteiger partial charge in [0.25, 0.3) is 0 Å². The number of anilines is 1. The third kappa shape index (κ3) is 5.60. The zero-order valence-electron chi connectivity index (χ0n) is 16.0. The van der Waals surface area contributed by atoms with Crippen molar-refractivity contribution in [2.75, 3.05) is 45.4 Å². The summed E-state index contributed by atoms with van der Waals surface area (Å²) in [5.41, 5.74) is 1.69. The van der Waals surface area contributed by atoms with Crippen molar-refractivity contribution >= 4 is 11.5 Å². The Hall–Kier alpha value is -2.78. The van der Waals surface area contributed by atoms with E-state index in [9.17, 15) is 10.1 Å². The maximum Gasteiger partial charge on any atom is 0.373 e. The van der Waals surface area contributed by atoms with Crippen molar-refractivity contribution < 1.29 is 19.1 Å². The van der Waals surface area contributed by atoms with E-state index in [-0.39, 0.29) is 17.4 Å². The molecule has 0 bridgehead atoms. The summed E-state index contributed by atoms with van der Waals surface area (Å²) in [6.45, 7) is 5.46. The monoisotopic (exact) mass is 376 g/mol. The molecule has 1 aromatic carbocycles. The summed E-state index contributed by atoms with van der Waals surface area (Å²) in [6.07, 6.45) is 1.26. The molecular formula is C18H24N4O5. The van der Waals surface area contributed by atoms with E-state index in [0.29, 0.717) is 32.1 Å². The summed E-state index contributed by atoms with van der Waals surface area (Å²) in [4.78, 5) is 21.1. The lowest BCUT2D eigenvalue weighted by molar-refractivity contribution is -0.385. The largest absolute Gasteiger partial charge is 0.434 e. The average Bonchev–Trinajstić information content (AvgIpc) is 2.60. The van der Waals surface area contributed by atoms with Gasteiger partial charge in [0.2, 0.25) is 5.82 Å². The summed E-state index contributed by atoms with van der Waals surface area (Å²) >= 11 is 0. The predicted molar refractivity (Wildman–Crippen MR) is 101 cm³/mol. The van der Waals surface area contributed by atoms with Gasteiger partial charge in [-0.3, -0.25) is 10.1 Å². The molecule has 0 aliphatic rings. The Balaban J connectivity index is 2.43. The first-order chi connectivity index (χ1) is 13.0. The summed E-state index contributed by atoms with van der Waals surface area (Å²) in [5, 5.41) is 11.8. The summed E-state index contributed by atoms with van der Waals surface area (Å²) < 4.78 is 15.9. The Morgan fingerprint density at radius 3 is 2.15 bits per heavy atom. The number of methoxy groups -OCH3 is 2. The van der Waals surface area contributed by atoms with Crippen molar-refractivity contribution in [3.05, 3.63) is 45.8 Å². The maximum absolute atomic E-state index is 11.8. The molecule has 2 rings (SSSR count). The van der Waals surface area contributed by atoms with Crippen LogP contribution in [0.15, 0.2) is 24.5 Å². The van der Waals surface area contributed by atoms with Crippen molar-refractivity contribution in [3.8, 4) is 11.6 Å². The van der Waals surface area contributed by atoms with E-state index >= 15 is 0 Å². The van der Waals surface area contributed by atoms with Gasteiger partial charge in [0.1, 0.15) is 12.1 Å². The van der Waals surface area contributed by atoms with E-state index in [4.69, 9.17) is 14.2 Å². The molecule has 0 atom stereocenters. The van der Waals surface area contributed by atoms with E-state index in [2.05, 4.69) is 9.97 Å². The van der Waals surface area contributed by atoms with E-state index in [0.717, 1.165) is 11.1 Å². The molecule has 0 saturated carbocycles. The zero-order valence-corrected chi connectivity index (χ0v) is 16.0. The average molecular weight is 376 g/mol. The molecule has 0 aliphatic heterocycles. The minimum absolute atomic E-state index is 0.102. The lowest BCUT2D eigenvalue weighted by Gasteiger charge is -2.22. The van der Waals surface area contributed by atoms with Gasteiger partial charge in [0, 0.05) is 27.3 Å². The Morgan fingerprint density at radius 1 is 1.04 bits per heavy atom. The Kier molecular flexibility index (Phi) is 7.44. The highest BCUT2D eigenvalue weighted by molar-refractivity contribution is 5.63. The number of nitro groups is 1. The normalized spacial score (nSPS) is 10.7. The summed E-state index contributed by atoms with van der Waals surface area (Å²) in [6, 6.07) is 5.59. The van der Waals surface area contributed by atoms with Crippen molar-refractivity contribution in [1.29, 1.82) is 0 Å². The molecule has 0 spiro atoms. The third-order valence-electron chi connectivity index (χ3n) is 3.79. The van der Waals surface area contributed by atoms with Crippen molar-refractivity contribution in [3.63, 3.8) is 0 Å². The van der Waals surface area contributed by atoms with Crippen LogP contribution < -0.4 is 9.64 Å². The minimum Gasteiger partial charge on any atom is -0.434 e. The molecule has 1 heterocycles. The highest BCUT2D eigenvalue weighted by atomic mass is 16.6. The number of aromatic nitrogens is 2. The molecule has 0 fully saturated rings. The fraction of sp³-hybridized carbons (Fsp3) is 0.444. The van der Waals surface area contributed by atoms with Crippen LogP contribution in [0.4, 0.5) is 11.5 Å². The van der Waals surface area contributed by atoms with E-state index in [1.807, 2.05) is 19.9 Å². The fourth-order valence-corrected chi connectivity index (χ4v) is 2.65. The van der Waals surface area contributed by atoms with Gasteiger partial charge in [-0.15, -0.1) is 0 Å². The topological polar surface area (TPSA) is 99.9 Å². The van der Waals surface area contributed by atoms with Gasteiger partial charge in [0.05, 0.1) is 18.1 Å². The van der Waals surface area contributed by atoms with E-state index in [1.54, 1.807) is 31.3 Å². The highest BCUT2D eigenvalue weighted by Gasteiger charge is 2.28. The molecule has 0 saturated heterocycles. The van der Waals surface area contributed by atoms with Gasteiger partial charge in [-0.1, -0.05) is 6.07 Å². The molecule has 0 radical (unpaired) electrons. The zero-order chi connectivity index (χ0) is 19.8. The molecule has 2 aromatic rings. The first-order valence-electron chi connectivity index (χ1n) is 8.44. The number of aryl methyl sites for hydroxylation is 2. The molecule has 146 valence electrons. The number of hydrogen-bond acceptors (Lipinski definition) is 8. The van der Waals surface area contributed by atoms with Gasteiger partial charge in [-0.05, 0) is 37.1 Å². The summed E-state index contributed by atoms with van der Waals surface area (Å²) in [5.74, 6) is 0.555. The van der Waals surface area contributed by atoms with Crippen LogP contribution in [0.3, 0.4) is 0 Å². The van der Waals surface area contributed by atoms with Gasteiger partial charge in [-0.25, -0.2) is 4.98 Å². The molecule has 27 heavy (non-hydrogen) atoms. The van der Waals surface area contributed by atoms with Crippen LogP contribution in [0.5, 0.6) is 11.6 Å². The minimum atomic E-state index is -0.528. The Morgan fingerprint density at radius 2 is 1.63 bits per heavy atom. The Labute approximate surface area is 158 Å². The fourth-order valence-electron chi connectivity index (χ4n) is 2.65. The molecule has 0 N–H and O–H groups in total. The van der Waals surface area contributed by atoms with Gasteiger partial charge >= 0.3 is 11.6 Å². The molecule has 9 heteroatoms.